The van der Waals surface area contributed by atoms with E-state index in [0.717, 1.165) is 10.5 Å². The first-order chi connectivity index (χ1) is 12.0. The van der Waals surface area contributed by atoms with Crippen LogP contribution < -0.4 is 0 Å². The van der Waals surface area contributed by atoms with E-state index in [2.05, 4.69) is 0 Å². The molecule has 2 aromatic rings. The molecule has 0 fully saturated rings. The summed E-state index contributed by atoms with van der Waals surface area (Å²) in [6, 6.07) is 15.3. The fraction of sp³-hybridized carbons (Fsp3) is 0.211. The van der Waals surface area contributed by atoms with Gasteiger partial charge in [0.15, 0.2) is 0 Å². The first kappa shape index (κ1) is 16.7. The van der Waals surface area contributed by atoms with E-state index < -0.39 is 12.1 Å². The van der Waals surface area contributed by atoms with Gasteiger partial charge in [0.05, 0.1) is 17.2 Å². The summed E-state index contributed by atoms with van der Waals surface area (Å²) < 4.78 is 0. The number of rotatable bonds is 5. The van der Waals surface area contributed by atoms with Crippen LogP contribution in [0.15, 0.2) is 54.6 Å². The van der Waals surface area contributed by atoms with Crippen molar-refractivity contribution in [3.8, 4) is 0 Å². The summed E-state index contributed by atoms with van der Waals surface area (Å²) in [6.07, 6.45) is -1.09. The maximum absolute atomic E-state index is 12.4. The lowest BCUT2D eigenvalue weighted by Crippen LogP contribution is -2.46. The Balaban J connectivity index is 1.76. The molecule has 1 aliphatic rings. The fourth-order valence-electron chi connectivity index (χ4n) is 2.96. The number of carboxylic acid groups (broad SMARTS) is 1. The third kappa shape index (κ3) is 3.24. The van der Waals surface area contributed by atoms with Gasteiger partial charge in [-0.15, -0.1) is 0 Å². The summed E-state index contributed by atoms with van der Waals surface area (Å²) >= 11 is 0. The molecule has 3 rings (SSSR count). The molecule has 1 heterocycles. The second kappa shape index (κ2) is 6.76. The average Bonchev–Trinajstić information content (AvgIpc) is 2.85. The quantitative estimate of drug-likeness (QED) is 0.851. The molecule has 0 unspecified atom stereocenters. The number of benzene rings is 2. The second-order valence-corrected chi connectivity index (χ2v) is 6.01. The van der Waals surface area contributed by atoms with E-state index in [1.807, 2.05) is 30.3 Å². The Kier molecular flexibility index (Phi) is 4.52. The SMILES string of the molecule is C[C@H](CN1C(=O)c2ccccc2C1=O)N(Cc1ccccc1)C(=O)O. The number of fused-ring (bicyclic) bond motifs is 1. The lowest BCUT2D eigenvalue weighted by Gasteiger charge is -2.29. The van der Waals surface area contributed by atoms with Crippen molar-refractivity contribution in [2.45, 2.75) is 19.5 Å². The summed E-state index contributed by atoms with van der Waals surface area (Å²) in [5, 5.41) is 9.52. The molecule has 0 aromatic heterocycles. The normalized spacial score (nSPS) is 14.4. The molecule has 1 aliphatic heterocycles. The lowest BCUT2D eigenvalue weighted by molar-refractivity contribution is 0.0584. The molecule has 0 bridgehead atoms. The zero-order valence-electron chi connectivity index (χ0n) is 13.8. The first-order valence-corrected chi connectivity index (χ1v) is 7.97. The minimum atomic E-state index is -1.09. The van der Waals surface area contributed by atoms with E-state index in [0.29, 0.717) is 11.1 Å². The first-order valence-electron chi connectivity index (χ1n) is 7.97. The van der Waals surface area contributed by atoms with Crippen LogP contribution in [0.25, 0.3) is 0 Å². The van der Waals surface area contributed by atoms with Gasteiger partial charge in [-0.25, -0.2) is 4.79 Å². The summed E-state index contributed by atoms with van der Waals surface area (Å²) in [5.41, 5.74) is 1.58. The lowest BCUT2D eigenvalue weighted by atomic mass is 10.1. The molecule has 0 aliphatic carbocycles. The monoisotopic (exact) mass is 338 g/mol. The number of imide groups is 1. The molecule has 0 saturated carbocycles. The minimum Gasteiger partial charge on any atom is -0.465 e. The van der Waals surface area contributed by atoms with Crippen molar-refractivity contribution < 1.29 is 19.5 Å². The maximum Gasteiger partial charge on any atom is 0.407 e. The van der Waals surface area contributed by atoms with Crippen LogP contribution in [-0.2, 0) is 6.54 Å². The standard InChI is InChI=1S/C19H18N2O4/c1-13(20(19(24)25)12-14-7-3-2-4-8-14)11-21-17(22)15-9-5-6-10-16(15)18(21)23/h2-10,13H,11-12H2,1H3,(H,24,25)/t13-/m1/s1. The molecule has 0 saturated heterocycles. The Hall–Kier alpha value is -3.15. The number of nitrogens with zero attached hydrogens (tertiary/aromatic N) is 2. The molecule has 2 aromatic carbocycles. The van der Waals surface area contributed by atoms with Gasteiger partial charge in [-0.05, 0) is 24.6 Å². The molecule has 6 nitrogen and oxygen atoms in total. The van der Waals surface area contributed by atoms with E-state index in [9.17, 15) is 19.5 Å². The van der Waals surface area contributed by atoms with E-state index in [4.69, 9.17) is 0 Å². The average molecular weight is 338 g/mol. The van der Waals surface area contributed by atoms with E-state index in [1.54, 1.807) is 31.2 Å². The number of amides is 3. The predicted molar refractivity (Wildman–Crippen MR) is 91.3 cm³/mol. The highest BCUT2D eigenvalue weighted by atomic mass is 16.4. The Morgan fingerprint density at radius 1 is 1.00 bits per heavy atom. The van der Waals surface area contributed by atoms with Gasteiger partial charge in [0.1, 0.15) is 0 Å². The Labute approximate surface area is 145 Å². The van der Waals surface area contributed by atoms with Gasteiger partial charge in [-0.1, -0.05) is 42.5 Å². The molecular formula is C19H18N2O4. The van der Waals surface area contributed by atoms with Crippen molar-refractivity contribution in [3.05, 3.63) is 71.3 Å². The molecule has 1 atom stereocenters. The van der Waals surface area contributed by atoms with Crippen LogP contribution in [-0.4, -0.2) is 45.4 Å². The van der Waals surface area contributed by atoms with Crippen molar-refractivity contribution in [1.29, 1.82) is 0 Å². The molecule has 128 valence electrons. The van der Waals surface area contributed by atoms with Gasteiger partial charge >= 0.3 is 6.09 Å². The molecule has 25 heavy (non-hydrogen) atoms. The van der Waals surface area contributed by atoms with Crippen molar-refractivity contribution in [3.63, 3.8) is 0 Å². The number of carbonyl (C=O) groups is 3. The zero-order valence-corrected chi connectivity index (χ0v) is 13.8. The van der Waals surface area contributed by atoms with Crippen LogP contribution in [0.1, 0.15) is 33.2 Å². The largest absolute Gasteiger partial charge is 0.465 e. The smallest absolute Gasteiger partial charge is 0.407 e. The topological polar surface area (TPSA) is 77.9 Å². The third-order valence-corrected chi connectivity index (χ3v) is 4.30. The molecule has 6 heteroatoms. The van der Waals surface area contributed by atoms with Crippen LogP contribution in [0.4, 0.5) is 4.79 Å². The number of hydrogen-bond donors (Lipinski definition) is 1. The van der Waals surface area contributed by atoms with E-state index in [-0.39, 0.29) is 24.9 Å². The Morgan fingerprint density at radius 3 is 2.04 bits per heavy atom. The van der Waals surface area contributed by atoms with Gasteiger partial charge in [0, 0.05) is 13.1 Å². The van der Waals surface area contributed by atoms with Crippen molar-refractivity contribution in [2.75, 3.05) is 6.54 Å². The molecule has 3 amide bonds. The Bertz CT molecular complexity index is 784. The van der Waals surface area contributed by atoms with Gasteiger partial charge in [0.25, 0.3) is 11.8 Å². The number of carbonyl (C=O) groups excluding carboxylic acids is 2. The summed E-state index contributed by atoms with van der Waals surface area (Å²) in [6.45, 7) is 1.91. The molecule has 0 radical (unpaired) electrons. The van der Waals surface area contributed by atoms with Crippen molar-refractivity contribution in [1.82, 2.24) is 9.80 Å². The summed E-state index contributed by atoms with van der Waals surface area (Å²) in [4.78, 5) is 38.9. The predicted octanol–water partition coefficient (Wildman–Crippen LogP) is 2.85. The summed E-state index contributed by atoms with van der Waals surface area (Å²) in [5.74, 6) is -0.755. The highest BCUT2D eigenvalue weighted by Crippen LogP contribution is 2.23. The highest BCUT2D eigenvalue weighted by molar-refractivity contribution is 6.21. The van der Waals surface area contributed by atoms with Gasteiger partial charge in [-0.2, -0.15) is 0 Å². The second-order valence-electron chi connectivity index (χ2n) is 6.01. The minimum absolute atomic E-state index is 0.0193. The molecule has 0 spiro atoms. The molecule has 1 N–H and O–H groups in total. The Morgan fingerprint density at radius 2 is 1.52 bits per heavy atom. The van der Waals surface area contributed by atoms with Crippen LogP contribution in [0.5, 0.6) is 0 Å². The zero-order chi connectivity index (χ0) is 18.0. The van der Waals surface area contributed by atoms with Crippen LogP contribution in [0.3, 0.4) is 0 Å². The number of hydrogen-bond acceptors (Lipinski definition) is 3. The summed E-state index contributed by atoms with van der Waals surface area (Å²) in [7, 11) is 0. The van der Waals surface area contributed by atoms with E-state index >= 15 is 0 Å². The fourth-order valence-corrected chi connectivity index (χ4v) is 2.96. The highest BCUT2D eigenvalue weighted by Gasteiger charge is 2.37. The third-order valence-electron chi connectivity index (χ3n) is 4.30. The van der Waals surface area contributed by atoms with Crippen molar-refractivity contribution in [2.24, 2.45) is 0 Å². The maximum atomic E-state index is 12.4. The van der Waals surface area contributed by atoms with E-state index in [1.165, 1.54) is 4.90 Å². The molecular weight excluding hydrogens is 320 g/mol. The van der Waals surface area contributed by atoms with Gasteiger partial charge in [0.2, 0.25) is 0 Å². The van der Waals surface area contributed by atoms with Gasteiger partial charge in [-0.3, -0.25) is 19.4 Å². The van der Waals surface area contributed by atoms with Crippen LogP contribution in [0.2, 0.25) is 0 Å². The van der Waals surface area contributed by atoms with Crippen LogP contribution in [0, 0.1) is 0 Å². The van der Waals surface area contributed by atoms with Crippen LogP contribution >= 0.6 is 0 Å². The van der Waals surface area contributed by atoms with Crippen molar-refractivity contribution >= 4 is 17.9 Å². The van der Waals surface area contributed by atoms with Gasteiger partial charge < -0.3 is 5.11 Å².